The van der Waals surface area contributed by atoms with Crippen LogP contribution in [0.4, 0.5) is 0 Å². The SMILES string of the molecule is N=NC(=NN)Sc1ccc(SC(N=N)=NN)s1. The van der Waals surface area contributed by atoms with Crippen LogP contribution in [0, 0.1) is 11.1 Å². The fraction of sp³-hybridized carbons (Fsp3) is 0. The molecule has 17 heavy (non-hydrogen) atoms. The van der Waals surface area contributed by atoms with Crippen molar-refractivity contribution >= 4 is 45.2 Å². The molecule has 8 nitrogen and oxygen atoms in total. The first-order chi connectivity index (χ1) is 8.23. The largest absolute Gasteiger partial charge is 0.321 e. The van der Waals surface area contributed by atoms with E-state index in [9.17, 15) is 0 Å². The van der Waals surface area contributed by atoms with Gasteiger partial charge in [0.1, 0.15) is 0 Å². The van der Waals surface area contributed by atoms with Crippen LogP contribution in [0.25, 0.3) is 0 Å². The predicted octanol–water partition coefficient (Wildman–Crippen LogP) is 2.45. The Morgan fingerprint density at radius 3 is 1.71 bits per heavy atom. The number of thiophene rings is 1. The lowest BCUT2D eigenvalue weighted by Gasteiger charge is -1.94. The van der Waals surface area contributed by atoms with Gasteiger partial charge in [0, 0.05) is 0 Å². The number of thioether (sulfide) groups is 2. The molecule has 0 radical (unpaired) electrons. The highest BCUT2D eigenvalue weighted by Crippen LogP contribution is 2.34. The molecular formula is C6H8N8S3. The maximum Gasteiger partial charge on any atom is 0.231 e. The second-order valence-electron chi connectivity index (χ2n) is 2.32. The van der Waals surface area contributed by atoms with E-state index in [4.69, 9.17) is 22.7 Å². The second-order valence-corrected chi connectivity index (χ2v) is 5.94. The van der Waals surface area contributed by atoms with Gasteiger partial charge in [0.05, 0.1) is 8.42 Å². The van der Waals surface area contributed by atoms with Crippen LogP contribution in [0.5, 0.6) is 0 Å². The van der Waals surface area contributed by atoms with Crippen molar-refractivity contribution in [1.82, 2.24) is 0 Å². The van der Waals surface area contributed by atoms with Crippen LogP contribution in [-0.2, 0) is 0 Å². The molecule has 0 bridgehead atoms. The molecule has 1 heterocycles. The third-order valence-electron chi connectivity index (χ3n) is 1.35. The molecule has 0 atom stereocenters. The topological polar surface area (TPSA) is 149 Å². The molecule has 6 N–H and O–H groups in total. The van der Waals surface area contributed by atoms with Crippen LogP contribution in [-0.4, -0.2) is 10.3 Å². The summed E-state index contributed by atoms with van der Waals surface area (Å²) in [5.41, 5.74) is 13.6. The third kappa shape index (κ3) is 4.13. The molecule has 0 amide bonds. The number of nitrogens with two attached hydrogens (primary N) is 2. The quantitative estimate of drug-likeness (QED) is 0.165. The minimum atomic E-state index is 0.168. The molecule has 0 fully saturated rings. The van der Waals surface area contributed by atoms with Crippen LogP contribution in [0.2, 0.25) is 0 Å². The Hall–Kier alpha value is -1.46. The van der Waals surface area contributed by atoms with Crippen LogP contribution in [0.3, 0.4) is 0 Å². The molecule has 0 aliphatic rings. The molecule has 11 heteroatoms. The van der Waals surface area contributed by atoms with Crippen LogP contribution in [0.15, 0.2) is 41.0 Å². The summed E-state index contributed by atoms with van der Waals surface area (Å²) in [4.78, 5) is 0. The number of hydrogen-bond acceptors (Lipinski definition) is 9. The molecule has 1 aromatic heterocycles. The van der Waals surface area contributed by atoms with E-state index in [0.717, 1.165) is 8.42 Å². The van der Waals surface area contributed by atoms with Gasteiger partial charge in [-0.25, -0.2) is 11.1 Å². The first-order valence-corrected chi connectivity index (χ1v) is 6.44. The lowest BCUT2D eigenvalue weighted by molar-refractivity contribution is 1.16. The van der Waals surface area contributed by atoms with Crippen LogP contribution >= 0.6 is 34.9 Å². The maximum atomic E-state index is 6.81. The van der Waals surface area contributed by atoms with Crippen molar-refractivity contribution in [3.05, 3.63) is 12.1 Å². The number of rotatable bonds is 2. The number of hydrazone groups is 2. The molecule has 0 spiro atoms. The number of nitrogens with one attached hydrogen (secondary N) is 2. The Labute approximate surface area is 109 Å². The predicted molar refractivity (Wildman–Crippen MR) is 69.6 cm³/mol. The van der Waals surface area contributed by atoms with Gasteiger partial charge in [0.2, 0.25) is 10.3 Å². The maximum absolute atomic E-state index is 6.81. The van der Waals surface area contributed by atoms with Gasteiger partial charge in [-0.15, -0.1) is 21.6 Å². The van der Waals surface area contributed by atoms with E-state index in [1.807, 2.05) is 12.1 Å². The van der Waals surface area contributed by atoms with Crippen molar-refractivity contribution in [2.45, 2.75) is 8.42 Å². The molecule has 0 saturated carbocycles. The lowest BCUT2D eigenvalue weighted by atomic mass is 10.7. The van der Waals surface area contributed by atoms with Gasteiger partial charge in [-0.3, -0.25) is 0 Å². The Balaban J connectivity index is 2.71. The van der Waals surface area contributed by atoms with Gasteiger partial charge in [-0.2, -0.15) is 10.2 Å². The monoisotopic (exact) mass is 288 g/mol. The standard InChI is InChI=1S/C6H8N8S3/c7-11-5(12-8)16-3-1-2-4(15-3)17-6(13-9)14-10/h1-2,7,9H,8,10H2. The first kappa shape index (κ1) is 13.6. The number of amidine groups is 2. The Morgan fingerprint density at radius 2 is 1.41 bits per heavy atom. The van der Waals surface area contributed by atoms with E-state index >= 15 is 0 Å². The van der Waals surface area contributed by atoms with Gasteiger partial charge in [0.15, 0.2) is 0 Å². The summed E-state index contributed by atoms with van der Waals surface area (Å²) in [6.45, 7) is 0. The van der Waals surface area contributed by atoms with Crippen molar-refractivity contribution in [3.8, 4) is 0 Å². The molecule has 1 aromatic rings. The van der Waals surface area contributed by atoms with Crippen molar-refractivity contribution < 1.29 is 0 Å². The van der Waals surface area contributed by atoms with E-state index in [0.29, 0.717) is 0 Å². The summed E-state index contributed by atoms with van der Waals surface area (Å²) in [6, 6.07) is 3.65. The molecule has 0 unspecified atom stereocenters. The summed E-state index contributed by atoms with van der Waals surface area (Å²) in [7, 11) is 0. The van der Waals surface area contributed by atoms with E-state index in [2.05, 4.69) is 20.4 Å². The number of hydrogen-bond donors (Lipinski definition) is 4. The third-order valence-corrected chi connectivity index (χ3v) is 4.46. The average molecular weight is 288 g/mol. The Morgan fingerprint density at radius 1 is 1.00 bits per heavy atom. The fourth-order valence-electron chi connectivity index (χ4n) is 0.749. The van der Waals surface area contributed by atoms with E-state index in [1.54, 1.807) is 0 Å². The highest BCUT2D eigenvalue weighted by Gasteiger charge is 2.08. The van der Waals surface area contributed by atoms with E-state index in [-0.39, 0.29) is 10.3 Å². The molecule has 0 aliphatic carbocycles. The Kier molecular flexibility index (Phi) is 5.59. The minimum Gasteiger partial charge on any atom is -0.321 e. The number of nitrogens with zero attached hydrogens (tertiary/aromatic N) is 4. The summed E-state index contributed by atoms with van der Waals surface area (Å²) in [6.07, 6.45) is 0. The fourth-order valence-corrected chi connectivity index (χ4v) is 3.53. The minimum absolute atomic E-state index is 0.168. The zero-order chi connectivity index (χ0) is 12.7. The molecular weight excluding hydrogens is 280 g/mol. The van der Waals surface area contributed by atoms with Crippen molar-refractivity contribution in [1.29, 1.82) is 11.1 Å². The van der Waals surface area contributed by atoms with Gasteiger partial charge in [-0.1, -0.05) is 0 Å². The highest BCUT2D eigenvalue weighted by molar-refractivity contribution is 8.17. The Bertz CT molecular complexity index is 423. The summed E-state index contributed by atoms with van der Waals surface area (Å²) in [5.74, 6) is 10.1. The van der Waals surface area contributed by atoms with Crippen LogP contribution in [0.1, 0.15) is 0 Å². The molecule has 0 aromatic carbocycles. The average Bonchev–Trinajstić information content (AvgIpc) is 2.80. The van der Waals surface area contributed by atoms with Crippen molar-refractivity contribution in [2.75, 3.05) is 0 Å². The zero-order valence-corrected chi connectivity index (χ0v) is 10.8. The zero-order valence-electron chi connectivity index (χ0n) is 8.32. The summed E-state index contributed by atoms with van der Waals surface area (Å²) >= 11 is 3.78. The normalized spacial score (nSPS) is 12.5. The molecule has 0 aliphatic heterocycles. The second kappa shape index (κ2) is 6.98. The summed E-state index contributed by atoms with van der Waals surface area (Å²) < 4.78 is 1.74. The van der Waals surface area contributed by atoms with Gasteiger partial charge in [-0.05, 0) is 35.7 Å². The first-order valence-electron chi connectivity index (χ1n) is 3.99. The van der Waals surface area contributed by atoms with Gasteiger partial charge >= 0.3 is 0 Å². The highest BCUT2D eigenvalue weighted by atomic mass is 32.2. The van der Waals surface area contributed by atoms with Gasteiger partial charge in [0.25, 0.3) is 0 Å². The van der Waals surface area contributed by atoms with Crippen LogP contribution < -0.4 is 11.7 Å². The molecule has 1 rings (SSSR count). The molecule has 90 valence electrons. The lowest BCUT2D eigenvalue weighted by Crippen LogP contribution is -1.90. The summed E-state index contributed by atoms with van der Waals surface area (Å²) in [5, 5.41) is 13.3. The van der Waals surface area contributed by atoms with Gasteiger partial charge < -0.3 is 11.7 Å². The van der Waals surface area contributed by atoms with Crippen molar-refractivity contribution in [3.63, 3.8) is 0 Å². The van der Waals surface area contributed by atoms with E-state index < -0.39 is 0 Å². The van der Waals surface area contributed by atoms with Crippen molar-refractivity contribution in [2.24, 2.45) is 32.1 Å². The molecule has 0 saturated heterocycles. The smallest absolute Gasteiger partial charge is 0.231 e. The van der Waals surface area contributed by atoms with E-state index in [1.165, 1.54) is 34.9 Å².